The van der Waals surface area contributed by atoms with Crippen molar-refractivity contribution in [3.63, 3.8) is 0 Å². The summed E-state index contributed by atoms with van der Waals surface area (Å²) in [7, 11) is -2.89. The minimum Gasteiger partial charge on any atom is -0.465 e. The van der Waals surface area contributed by atoms with Gasteiger partial charge in [0.15, 0.2) is 0 Å². The first-order valence-corrected chi connectivity index (χ1v) is 11.8. The Bertz CT molecular complexity index is 1300. The second-order valence-corrected chi connectivity index (χ2v) is 9.72. The molecule has 0 spiro atoms. The molecular formula is C23H20ClN3O5S. The number of aromatic nitrogens is 1. The highest BCUT2D eigenvalue weighted by atomic mass is 35.5. The number of halogens is 1. The molecule has 10 heteroatoms. The summed E-state index contributed by atoms with van der Waals surface area (Å²) in [6.45, 7) is -0.0518. The summed E-state index contributed by atoms with van der Waals surface area (Å²) in [6, 6.07) is 14.5. The Kier molecular flexibility index (Phi) is 6.46. The Morgan fingerprint density at radius 1 is 1.18 bits per heavy atom. The number of anilines is 1. The highest BCUT2D eigenvalue weighted by molar-refractivity contribution is 7.89. The molecule has 0 unspecified atom stereocenters. The first kappa shape index (κ1) is 22.9. The number of nitrogens with one attached hydrogen (secondary N) is 1. The SMILES string of the molecule is COC(=O)c1ccc(S(=O)(=O)N2Cc3ccc(Cl)cc3NC(=O)[C@H]2Cc2ccccn2)cc1. The van der Waals surface area contributed by atoms with E-state index >= 15 is 0 Å². The van der Waals surface area contributed by atoms with Crippen molar-refractivity contribution in [1.82, 2.24) is 9.29 Å². The van der Waals surface area contributed by atoms with E-state index < -0.39 is 27.9 Å². The van der Waals surface area contributed by atoms with Gasteiger partial charge in [-0.15, -0.1) is 0 Å². The number of hydrogen-bond donors (Lipinski definition) is 1. The molecule has 0 radical (unpaired) electrons. The number of amides is 1. The quantitative estimate of drug-likeness (QED) is 0.556. The molecule has 0 fully saturated rings. The lowest BCUT2D eigenvalue weighted by Crippen LogP contribution is -2.46. The van der Waals surface area contributed by atoms with Crippen LogP contribution in [0.15, 0.2) is 71.8 Å². The molecular weight excluding hydrogens is 466 g/mol. The van der Waals surface area contributed by atoms with E-state index in [1.807, 2.05) is 0 Å². The van der Waals surface area contributed by atoms with Gasteiger partial charge in [-0.1, -0.05) is 23.7 Å². The predicted octanol–water partition coefficient (Wildman–Crippen LogP) is 3.28. The average molecular weight is 486 g/mol. The summed E-state index contributed by atoms with van der Waals surface area (Å²) < 4.78 is 33.2. The van der Waals surface area contributed by atoms with Crippen LogP contribution >= 0.6 is 11.6 Å². The van der Waals surface area contributed by atoms with Gasteiger partial charge >= 0.3 is 5.97 Å². The standard InChI is InChI=1S/C23H20ClN3O5S/c1-32-23(29)15-6-9-19(10-7-15)33(30,31)27-14-16-5-8-17(24)12-20(16)26-22(28)21(27)13-18-4-2-3-11-25-18/h2-12,21H,13-14H2,1H3,(H,26,28)/t21-/m1/s1. The monoisotopic (exact) mass is 485 g/mol. The van der Waals surface area contributed by atoms with Gasteiger partial charge in [0.2, 0.25) is 15.9 Å². The molecule has 1 aromatic heterocycles. The number of carbonyl (C=O) groups is 2. The number of pyridine rings is 1. The predicted molar refractivity (Wildman–Crippen MR) is 122 cm³/mol. The van der Waals surface area contributed by atoms with Gasteiger partial charge in [0.25, 0.3) is 0 Å². The first-order chi connectivity index (χ1) is 15.8. The normalized spacial score (nSPS) is 16.4. The van der Waals surface area contributed by atoms with E-state index in [9.17, 15) is 18.0 Å². The Morgan fingerprint density at radius 3 is 2.61 bits per heavy atom. The molecule has 170 valence electrons. The van der Waals surface area contributed by atoms with Crippen molar-refractivity contribution >= 4 is 39.2 Å². The summed E-state index contributed by atoms with van der Waals surface area (Å²) in [5.74, 6) is -1.07. The van der Waals surface area contributed by atoms with Gasteiger partial charge in [0.1, 0.15) is 6.04 Å². The second-order valence-electron chi connectivity index (χ2n) is 7.40. The van der Waals surface area contributed by atoms with Crippen molar-refractivity contribution in [2.75, 3.05) is 12.4 Å². The van der Waals surface area contributed by atoms with Gasteiger partial charge in [0.05, 0.1) is 17.6 Å². The fourth-order valence-corrected chi connectivity index (χ4v) is 5.35. The van der Waals surface area contributed by atoms with E-state index in [0.29, 0.717) is 22.0 Å². The summed E-state index contributed by atoms with van der Waals surface area (Å²) in [5.41, 5.74) is 1.85. The molecule has 1 aliphatic rings. The Balaban J connectivity index is 1.78. The fraction of sp³-hybridized carbons (Fsp3) is 0.174. The number of methoxy groups -OCH3 is 1. The van der Waals surface area contributed by atoms with Gasteiger partial charge in [-0.05, 0) is 54.1 Å². The van der Waals surface area contributed by atoms with Crippen LogP contribution < -0.4 is 5.32 Å². The molecule has 0 bridgehead atoms. The van der Waals surface area contributed by atoms with Gasteiger partial charge in [0, 0.05) is 35.6 Å². The zero-order valence-corrected chi connectivity index (χ0v) is 19.1. The van der Waals surface area contributed by atoms with Gasteiger partial charge in [-0.2, -0.15) is 4.31 Å². The van der Waals surface area contributed by atoms with Crippen LogP contribution in [0.3, 0.4) is 0 Å². The van der Waals surface area contributed by atoms with Crippen molar-refractivity contribution in [2.24, 2.45) is 0 Å². The van der Waals surface area contributed by atoms with Gasteiger partial charge in [-0.25, -0.2) is 13.2 Å². The molecule has 1 N–H and O–H groups in total. The third kappa shape index (κ3) is 4.75. The first-order valence-electron chi connectivity index (χ1n) is 9.99. The number of sulfonamides is 1. The molecule has 0 saturated heterocycles. The van der Waals surface area contributed by atoms with E-state index in [1.165, 1.54) is 31.4 Å². The van der Waals surface area contributed by atoms with Crippen molar-refractivity contribution in [2.45, 2.75) is 23.9 Å². The topological polar surface area (TPSA) is 106 Å². The number of ether oxygens (including phenoxy) is 1. The Labute approximate surface area is 196 Å². The largest absolute Gasteiger partial charge is 0.465 e. The molecule has 3 aromatic rings. The number of carbonyl (C=O) groups excluding carboxylic acids is 2. The molecule has 2 aromatic carbocycles. The molecule has 0 saturated carbocycles. The van der Waals surface area contributed by atoms with Crippen LogP contribution in [0.1, 0.15) is 21.6 Å². The number of esters is 1. The van der Waals surface area contributed by atoms with E-state index in [0.717, 1.165) is 4.31 Å². The van der Waals surface area contributed by atoms with Crippen LogP contribution in [0.2, 0.25) is 5.02 Å². The molecule has 1 atom stereocenters. The van der Waals surface area contributed by atoms with Crippen LogP contribution in [-0.4, -0.2) is 42.7 Å². The number of rotatable bonds is 5. The molecule has 0 aliphatic carbocycles. The van der Waals surface area contributed by atoms with E-state index in [-0.39, 0.29) is 23.4 Å². The maximum atomic E-state index is 13.7. The third-order valence-electron chi connectivity index (χ3n) is 5.32. The minimum atomic E-state index is -4.13. The average Bonchev–Trinajstić information content (AvgIpc) is 2.95. The van der Waals surface area contributed by atoms with Crippen molar-refractivity contribution in [3.05, 3.63) is 88.7 Å². The third-order valence-corrected chi connectivity index (χ3v) is 7.42. The van der Waals surface area contributed by atoms with Crippen molar-refractivity contribution in [1.29, 1.82) is 0 Å². The van der Waals surface area contributed by atoms with Crippen LogP contribution in [-0.2, 0) is 32.5 Å². The van der Waals surface area contributed by atoms with Crippen LogP contribution in [0.25, 0.3) is 0 Å². The molecule has 4 rings (SSSR count). The molecule has 1 amide bonds. The molecule has 8 nitrogen and oxygen atoms in total. The second kappa shape index (κ2) is 9.30. The highest BCUT2D eigenvalue weighted by Gasteiger charge is 2.39. The van der Waals surface area contributed by atoms with E-state index in [2.05, 4.69) is 15.0 Å². The Hall–Kier alpha value is -3.27. The van der Waals surface area contributed by atoms with Gasteiger partial charge in [-0.3, -0.25) is 9.78 Å². The molecule has 1 aliphatic heterocycles. The van der Waals surface area contributed by atoms with E-state index in [1.54, 1.807) is 42.6 Å². The smallest absolute Gasteiger partial charge is 0.337 e. The summed E-state index contributed by atoms with van der Waals surface area (Å²) >= 11 is 6.09. The van der Waals surface area contributed by atoms with E-state index in [4.69, 9.17) is 11.6 Å². The molecule has 2 heterocycles. The zero-order chi connectivity index (χ0) is 23.6. The summed E-state index contributed by atoms with van der Waals surface area (Å²) in [6.07, 6.45) is 1.66. The van der Waals surface area contributed by atoms with Gasteiger partial charge < -0.3 is 10.1 Å². The van der Waals surface area contributed by atoms with Crippen LogP contribution in [0.5, 0.6) is 0 Å². The van der Waals surface area contributed by atoms with Crippen LogP contribution in [0.4, 0.5) is 5.69 Å². The number of hydrogen-bond acceptors (Lipinski definition) is 6. The Morgan fingerprint density at radius 2 is 1.94 bits per heavy atom. The lowest BCUT2D eigenvalue weighted by atomic mass is 10.1. The van der Waals surface area contributed by atoms with Crippen LogP contribution in [0, 0.1) is 0 Å². The summed E-state index contributed by atoms with van der Waals surface area (Å²) in [4.78, 5) is 29.2. The number of fused-ring (bicyclic) bond motifs is 1. The fourth-order valence-electron chi connectivity index (χ4n) is 3.61. The maximum Gasteiger partial charge on any atom is 0.337 e. The maximum absolute atomic E-state index is 13.7. The van der Waals surface area contributed by atoms with Crippen molar-refractivity contribution in [3.8, 4) is 0 Å². The number of benzene rings is 2. The van der Waals surface area contributed by atoms with Crippen molar-refractivity contribution < 1.29 is 22.7 Å². The highest BCUT2D eigenvalue weighted by Crippen LogP contribution is 2.31. The number of nitrogens with zero attached hydrogens (tertiary/aromatic N) is 2. The summed E-state index contributed by atoms with van der Waals surface area (Å²) in [5, 5.41) is 3.22. The molecule has 33 heavy (non-hydrogen) atoms. The lowest BCUT2D eigenvalue weighted by molar-refractivity contribution is -0.119. The lowest BCUT2D eigenvalue weighted by Gasteiger charge is -2.27. The minimum absolute atomic E-state index is 0.0496. The zero-order valence-electron chi connectivity index (χ0n) is 17.6.